The molecule has 426 valence electrons. The van der Waals surface area contributed by atoms with Crippen LogP contribution in [0.4, 0.5) is 105 Å². The second-order valence-corrected chi connectivity index (χ2v) is 17.8. The van der Waals surface area contributed by atoms with Crippen LogP contribution < -0.4 is 26.4 Å². The van der Waals surface area contributed by atoms with Crippen LogP contribution in [0.5, 0.6) is 0 Å². The van der Waals surface area contributed by atoms with Gasteiger partial charge in [0, 0.05) is 11.6 Å². The third kappa shape index (κ3) is 13.7. The Balaban J connectivity index is 0.000000370. The van der Waals surface area contributed by atoms with Gasteiger partial charge in [-0.1, -0.05) is 97.1 Å². The van der Waals surface area contributed by atoms with Crippen molar-refractivity contribution in [3.05, 3.63) is 195 Å². The number of ketones is 2. The topological polar surface area (TPSA) is 38.0 Å². The molecule has 7 aromatic rings. The van der Waals surface area contributed by atoms with Gasteiger partial charge >= 0.3 is 49.4 Å². The van der Waals surface area contributed by atoms with Crippen LogP contribution >= 0.6 is 12.6 Å². The fraction of sp³-hybridized carbons (Fsp3) is 0.196. The van der Waals surface area contributed by atoms with Gasteiger partial charge in [-0.25, -0.2) is 0 Å². The summed E-state index contributed by atoms with van der Waals surface area (Å²) in [6.07, 6.45) is -53.0. The average Bonchev–Trinajstić information content (AvgIpc) is 3.34. The highest BCUT2D eigenvalue weighted by atomic mass is 32.1. The largest absolute Gasteiger partial charge is 0.416 e. The van der Waals surface area contributed by atoms with Crippen molar-refractivity contribution < 1.29 is 120 Å². The molecule has 3 nitrogen and oxygen atoms in total. The number of hydrogen-bond acceptors (Lipinski definition) is 3. The second kappa shape index (κ2) is 21.7. The van der Waals surface area contributed by atoms with Gasteiger partial charge in [-0.2, -0.15) is 144 Å². The number of halogens is 24. The Labute approximate surface area is 438 Å². The van der Waals surface area contributed by atoms with Gasteiger partial charge in [-0.3, -0.25) is 9.59 Å². The first-order chi connectivity index (χ1) is 36.5. The molecule has 80 heavy (non-hydrogen) atoms. The lowest BCUT2D eigenvalue weighted by Crippen LogP contribution is -2.75. The maximum absolute atomic E-state index is 14.2. The third-order valence-electron chi connectivity index (χ3n) is 12.2. The molecule has 0 aliphatic carbocycles. The quantitative estimate of drug-likeness (QED) is 0.0514. The van der Waals surface area contributed by atoms with Crippen molar-refractivity contribution in [2.45, 2.75) is 56.0 Å². The lowest BCUT2D eigenvalue weighted by atomic mass is 9.12. The number of carbonyl (C=O) groups excluding carboxylic acids is 2. The van der Waals surface area contributed by atoms with E-state index in [0.717, 1.165) is 10.8 Å². The predicted octanol–water partition coefficient (Wildman–Crippen LogP) is 14.3. The predicted molar refractivity (Wildman–Crippen MR) is 243 cm³/mol. The number of rotatable bonds is 9. The van der Waals surface area contributed by atoms with E-state index in [9.17, 15) is 115 Å². The van der Waals surface area contributed by atoms with E-state index in [1.165, 1.54) is 0 Å². The van der Waals surface area contributed by atoms with E-state index >= 15 is 0 Å². The van der Waals surface area contributed by atoms with Crippen LogP contribution in [0.25, 0.3) is 10.8 Å². The molecular weight excluding hydrogens is 1160 g/mol. The van der Waals surface area contributed by atoms with Gasteiger partial charge in [0.15, 0.2) is 6.20 Å². The molecule has 0 radical (unpaired) electrons. The van der Waals surface area contributed by atoms with Crippen molar-refractivity contribution in [3.63, 3.8) is 0 Å². The number of fused-ring (bicyclic) bond motifs is 1. The molecule has 0 N–H and O–H groups in total. The summed E-state index contributed by atoms with van der Waals surface area (Å²) < 4.78 is 343. The zero-order valence-electron chi connectivity index (χ0n) is 39.1. The highest BCUT2D eigenvalue weighted by molar-refractivity contribution is 7.81. The van der Waals surface area contributed by atoms with Gasteiger partial charge in [0.05, 0.1) is 55.6 Å². The van der Waals surface area contributed by atoms with E-state index in [-0.39, 0.29) is 23.9 Å². The summed E-state index contributed by atoms with van der Waals surface area (Å²) in [6.45, 7) is 0.129. The molecule has 7 rings (SSSR count). The number of thiol groups is 1. The molecule has 0 saturated heterocycles. The summed E-state index contributed by atoms with van der Waals surface area (Å²) in [6, 6.07) is 9.87. The van der Waals surface area contributed by atoms with Crippen molar-refractivity contribution in [2.24, 2.45) is 0 Å². The molecule has 0 aliphatic rings. The molecule has 6 aromatic carbocycles. The SMILES string of the molecule is FC(F)(F)c1cc([B-](c2cc(C(F)(F)F)cc(C(F)(F)F)c2)(c2cc(C(F)(F)F)cc(C(F)(F)F)c2)c2cc(C(F)(F)F)cc(C(F)(F)F)c2)cc(C(F)(F)F)c1.O=C(C[n+]1ccc2ccccc2c1C(=O)CS)c1ccccc1. The Morgan fingerprint density at radius 2 is 0.637 bits per heavy atom. The van der Waals surface area contributed by atoms with E-state index in [1.807, 2.05) is 48.5 Å². The fourth-order valence-electron chi connectivity index (χ4n) is 8.72. The maximum Gasteiger partial charge on any atom is 0.416 e. The van der Waals surface area contributed by atoms with E-state index in [1.54, 1.807) is 22.9 Å². The van der Waals surface area contributed by atoms with Crippen LogP contribution in [0, 0.1) is 0 Å². The van der Waals surface area contributed by atoms with Gasteiger partial charge in [0.1, 0.15) is 6.15 Å². The Morgan fingerprint density at radius 1 is 0.362 bits per heavy atom. The van der Waals surface area contributed by atoms with Crippen molar-refractivity contribution in [2.75, 3.05) is 5.75 Å². The Kier molecular flexibility index (Phi) is 16.8. The Bertz CT molecular complexity index is 3010. The standard InChI is InChI=1S/C32H12BF24.C19H15NO2S/c34-25(35,36)13-1-14(26(37,38)39)6-21(5-13)33(22-7-15(27(40,41)42)2-16(8-22)28(43,44)45,23-9-17(29(46,47)48)3-18(10-23)30(49,50)51)24-11-19(31(52,53)54)4-20(12-24)32(55,56)57;21-17(15-7-2-1-3-8-15)12-20-11-10-14-6-4-5-9-16(14)19(20)18(22)13-23/h1-12H;1-11H,12-13H2/q-1;/p+1. The van der Waals surface area contributed by atoms with Gasteiger partial charge in [-0.05, 0) is 35.7 Å². The lowest BCUT2D eigenvalue weighted by Gasteiger charge is -2.46. The van der Waals surface area contributed by atoms with Crippen LogP contribution in [0.1, 0.15) is 65.4 Å². The molecule has 0 bridgehead atoms. The van der Waals surface area contributed by atoms with Gasteiger partial charge in [-0.15, -0.1) is 0 Å². The zero-order valence-corrected chi connectivity index (χ0v) is 39.9. The minimum Gasteiger partial charge on any atom is -0.287 e. The number of hydrogen-bond donors (Lipinski definition) is 1. The highest BCUT2D eigenvalue weighted by Gasteiger charge is 2.47. The summed E-state index contributed by atoms with van der Waals surface area (Å²) in [5.41, 5.74) is -29.0. The maximum atomic E-state index is 14.2. The van der Waals surface area contributed by atoms with Crippen molar-refractivity contribution >= 4 is 63.0 Å². The van der Waals surface area contributed by atoms with Crippen molar-refractivity contribution in [1.29, 1.82) is 0 Å². The summed E-state index contributed by atoms with van der Waals surface area (Å²) >= 11 is 4.11. The van der Waals surface area contributed by atoms with Crippen LogP contribution in [-0.4, -0.2) is 23.5 Å². The van der Waals surface area contributed by atoms with Crippen molar-refractivity contribution in [3.8, 4) is 0 Å². The molecule has 1 heterocycles. The zero-order chi connectivity index (χ0) is 60.1. The summed E-state index contributed by atoms with van der Waals surface area (Å²) in [5, 5.41) is 1.82. The smallest absolute Gasteiger partial charge is 0.287 e. The minimum absolute atomic E-state index is 0.0286. The summed E-state index contributed by atoms with van der Waals surface area (Å²) in [7, 11) is 0. The number of carbonyl (C=O) groups is 2. The van der Waals surface area contributed by atoms with Gasteiger partial charge in [0.2, 0.25) is 18.1 Å². The summed E-state index contributed by atoms with van der Waals surface area (Å²) in [5.74, 6) is -0.0156. The van der Waals surface area contributed by atoms with E-state index in [0.29, 0.717) is 11.3 Å². The molecule has 0 aliphatic heterocycles. The first kappa shape index (κ1) is 62.0. The average molecular weight is 1190 g/mol. The van der Waals surface area contributed by atoms with E-state index in [2.05, 4.69) is 12.6 Å². The number of benzene rings is 6. The number of pyridine rings is 1. The highest BCUT2D eigenvalue weighted by Crippen LogP contribution is 2.41. The molecule has 0 fully saturated rings. The Hall–Kier alpha value is -7.20. The molecular formula is C51H28BF24NO2S. The van der Waals surface area contributed by atoms with E-state index in [4.69, 9.17) is 0 Å². The summed E-state index contributed by atoms with van der Waals surface area (Å²) in [4.78, 5) is 24.8. The first-order valence-electron chi connectivity index (χ1n) is 22.0. The minimum atomic E-state index is -6.13. The van der Waals surface area contributed by atoms with Crippen LogP contribution in [0.15, 0.2) is 140 Å². The number of aromatic nitrogens is 1. The van der Waals surface area contributed by atoms with Crippen LogP contribution in [-0.2, 0) is 56.0 Å². The van der Waals surface area contributed by atoms with Crippen LogP contribution in [0.2, 0.25) is 0 Å². The van der Waals surface area contributed by atoms with Crippen LogP contribution in [0.3, 0.4) is 0 Å². The number of nitrogens with zero attached hydrogens (tertiary/aromatic N) is 1. The number of alkyl halides is 24. The molecule has 0 amide bonds. The number of Topliss-reactive ketones (excluding diaryl/α,β-unsaturated/α-hetero) is 2. The third-order valence-corrected chi connectivity index (χ3v) is 12.5. The molecule has 29 heteroatoms. The molecule has 0 unspecified atom stereocenters. The van der Waals surface area contributed by atoms with Gasteiger partial charge < -0.3 is 0 Å². The molecule has 1 aromatic heterocycles. The molecule has 0 atom stereocenters. The normalized spacial score (nSPS) is 13.3. The second-order valence-electron chi connectivity index (χ2n) is 17.5. The molecule has 0 saturated carbocycles. The first-order valence-corrected chi connectivity index (χ1v) is 22.6. The van der Waals surface area contributed by atoms with Crippen molar-refractivity contribution in [1.82, 2.24) is 0 Å². The fourth-order valence-corrected chi connectivity index (χ4v) is 8.86. The van der Waals surface area contributed by atoms with E-state index < -0.39 is 195 Å². The lowest BCUT2D eigenvalue weighted by molar-refractivity contribution is -0.683. The monoisotopic (exact) mass is 1190 g/mol. The Morgan fingerprint density at radius 3 is 0.912 bits per heavy atom. The van der Waals surface area contributed by atoms with Gasteiger partial charge in [0.25, 0.3) is 5.69 Å². The molecule has 0 spiro atoms.